The van der Waals surface area contributed by atoms with Gasteiger partial charge in [0.05, 0.1) is 49.0 Å². The first-order chi connectivity index (χ1) is 32.2. The Labute approximate surface area is 404 Å². The SMILES string of the molecule is Clc1ccc([C@@]2(Cn3ccnc3)OC[C@H](COc3ccc(N4CCNCC4)cc3)O2)c(Cl)c1.Clc1ccc([C@]2(Cn3ccnc3)OC[C@@H](COc3ccc(N4CCNCC4)cc3)O2)c(Cl)c1. The molecule has 2 aromatic heterocycles. The van der Waals surface area contributed by atoms with Gasteiger partial charge in [0.2, 0.25) is 11.6 Å². The summed E-state index contributed by atoms with van der Waals surface area (Å²) < 4.78 is 41.2. The van der Waals surface area contributed by atoms with Crippen LogP contribution in [0.5, 0.6) is 11.5 Å². The molecule has 6 aromatic rings. The number of nitrogens with zero attached hydrogens (tertiary/aromatic N) is 6. The second kappa shape index (κ2) is 21.6. The highest BCUT2D eigenvalue weighted by molar-refractivity contribution is 6.35. The van der Waals surface area contributed by atoms with Crippen molar-refractivity contribution in [1.82, 2.24) is 29.7 Å². The predicted octanol–water partition coefficient (Wildman–Crippen LogP) is 7.89. The maximum Gasteiger partial charge on any atom is 0.215 e. The number of benzene rings is 4. The number of halogens is 4. The van der Waals surface area contributed by atoms with Crippen LogP contribution in [0, 0.1) is 0 Å². The predicted molar refractivity (Wildman–Crippen MR) is 256 cm³/mol. The highest BCUT2D eigenvalue weighted by atomic mass is 35.5. The van der Waals surface area contributed by atoms with Crippen molar-refractivity contribution in [3.63, 3.8) is 0 Å². The molecule has 4 fully saturated rings. The fourth-order valence-corrected chi connectivity index (χ4v) is 9.59. The van der Waals surface area contributed by atoms with E-state index < -0.39 is 11.6 Å². The molecule has 0 amide bonds. The van der Waals surface area contributed by atoms with Gasteiger partial charge >= 0.3 is 0 Å². The largest absolute Gasteiger partial charge is 0.491 e. The Hall–Kier alpha value is -4.58. The number of hydrogen-bond acceptors (Lipinski definition) is 12. The number of aromatic nitrogens is 4. The minimum atomic E-state index is -1.05. The van der Waals surface area contributed by atoms with E-state index in [0.29, 0.717) is 59.6 Å². The molecule has 0 bridgehead atoms. The van der Waals surface area contributed by atoms with Gasteiger partial charge in [-0.25, -0.2) is 9.97 Å². The fourth-order valence-electron chi connectivity index (χ4n) is 8.48. The number of piperazine rings is 2. The standard InChI is InChI=1S/2C24H26Cl2N4O3/c2*25-18-1-6-22(23(26)13-18)24(16-29-10-7-28-17-29)32-15-21(33-24)14-31-20-4-2-19(3-5-20)30-11-8-27-9-12-30/h2*1-7,10,13,17,21,27H,8-9,11-12,14-16H2/t2*21-,24-/m10/s1. The summed E-state index contributed by atoms with van der Waals surface area (Å²) in [6, 6.07) is 27.1. The number of hydrogen-bond donors (Lipinski definition) is 2. The minimum absolute atomic E-state index is 0.256. The Kier molecular flexibility index (Phi) is 15.2. The Bertz CT molecular complexity index is 2290. The van der Waals surface area contributed by atoms with Gasteiger partial charge in [0.1, 0.15) is 36.9 Å². The zero-order valence-electron chi connectivity index (χ0n) is 36.2. The van der Waals surface area contributed by atoms with Crippen LogP contribution >= 0.6 is 46.4 Å². The first-order valence-corrected chi connectivity index (χ1v) is 23.6. The zero-order valence-corrected chi connectivity index (χ0v) is 39.3. The average Bonchev–Trinajstić information content (AvgIpc) is 4.19. The molecule has 4 atom stereocenters. The van der Waals surface area contributed by atoms with Crippen LogP contribution in [0.3, 0.4) is 0 Å². The van der Waals surface area contributed by atoms with Gasteiger partial charge in [-0.15, -0.1) is 0 Å². The van der Waals surface area contributed by atoms with Gasteiger partial charge in [-0.1, -0.05) is 58.5 Å². The molecule has 0 spiro atoms. The van der Waals surface area contributed by atoms with E-state index in [1.807, 2.05) is 57.9 Å². The van der Waals surface area contributed by atoms with E-state index in [1.54, 1.807) is 49.3 Å². The van der Waals surface area contributed by atoms with Crippen LogP contribution in [0.25, 0.3) is 0 Å². The van der Waals surface area contributed by atoms with Crippen molar-refractivity contribution in [3.8, 4) is 11.5 Å². The lowest BCUT2D eigenvalue weighted by molar-refractivity contribution is -0.189. The zero-order chi connectivity index (χ0) is 45.4. The van der Waals surface area contributed by atoms with Crippen LogP contribution in [0.2, 0.25) is 20.1 Å². The second-order valence-electron chi connectivity index (χ2n) is 16.4. The van der Waals surface area contributed by atoms with Crippen molar-refractivity contribution in [2.45, 2.75) is 36.9 Å². The number of imidazole rings is 2. The van der Waals surface area contributed by atoms with Gasteiger partial charge in [-0.2, -0.15) is 0 Å². The molecule has 6 heterocycles. The first-order valence-electron chi connectivity index (χ1n) is 22.1. The molecular weight excluding hydrogens is 926 g/mol. The van der Waals surface area contributed by atoms with Crippen LogP contribution in [0.4, 0.5) is 11.4 Å². The molecular formula is C48H52Cl4N8O6. The van der Waals surface area contributed by atoms with Gasteiger partial charge in [0, 0.05) is 110 Å². The molecule has 0 aliphatic carbocycles. The fraction of sp³-hybridized carbons (Fsp3) is 0.375. The van der Waals surface area contributed by atoms with Crippen LogP contribution < -0.4 is 29.9 Å². The lowest BCUT2D eigenvalue weighted by Crippen LogP contribution is -2.43. The van der Waals surface area contributed by atoms with Crippen LogP contribution in [0.1, 0.15) is 11.1 Å². The van der Waals surface area contributed by atoms with E-state index >= 15 is 0 Å². The van der Waals surface area contributed by atoms with Gasteiger partial charge in [0.15, 0.2) is 0 Å². The summed E-state index contributed by atoms with van der Waals surface area (Å²) in [6.45, 7) is 10.4. The van der Waals surface area contributed by atoms with Crippen molar-refractivity contribution >= 4 is 57.8 Å². The third-order valence-electron chi connectivity index (χ3n) is 11.8. The molecule has 10 rings (SSSR count). The van der Waals surface area contributed by atoms with Crippen LogP contribution in [-0.4, -0.2) is 110 Å². The molecule has 0 unspecified atom stereocenters. The number of ether oxygens (including phenoxy) is 6. The molecule has 66 heavy (non-hydrogen) atoms. The number of anilines is 2. The maximum atomic E-state index is 6.53. The van der Waals surface area contributed by atoms with E-state index in [0.717, 1.165) is 75.0 Å². The first kappa shape index (κ1) is 46.5. The smallest absolute Gasteiger partial charge is 0.215 e. The van der Waals surface area contributed by atoms with Crippen LogP contribution in [0.15, 0.2) is 122 Å². The van der Waals surface area contributed by atoms with Gasteiger partial charge < -0.3 is 58.0 Å². The highest BCUT2D eigenvalue weighted by Crippen LogP contribution is 2.42. The Morgan fingerprint density at radius 1 is 0.561 bits per heavy atom. The summed E-state index contributed by atoms with van der Waals surface area (Å²) in [4.78, 5) is 13.0. The summed E-state index contributed by atoms with van der Waals surface area (Å²) in [5.74, 6) is -0.506. The summed E-state index contributed by atoms with van der Waals surface area (Å²) in [5.41, 5.74) is 3.87. The molecule has 348 valence electrons. The lowest BCUT2D eigenvalue weighted by atomic mass is 10.1. The van der Waals surface area contributed by atoms with E-state index in [4.69, 9.17) is 74.8 Å². The van der Waals surface area contributed by atoms with Crippen LogP contribution in [-0.2, 0) is 43.6 Å². The van der Waals surface area contributed by atoms with Crippen molar-refractivity contribution in [1.29, 1.82) is 0 Å². The molecule has 14 nitrogen and oxygen atoms in total. The lowest BCUT2D eigenvalue weighted by Gasteiger charge is -2.30. The third kappa shape index (κ3) is 11.4. The summed E-state index contributed by atoms with van der Waals surface area (Å²) in [5, 5.41) is 8.85. The van der Waals surface area contributed by atoms with E-state index in [9.17, 15) is 0 Å². The summed E-state index contributed by atoms with van der Waals surface area (Å²) in [7, 11) is 0. The van der Waals surface area contributed by atoms with Gasteiger partial charge in [0.25, 0.3) is 0 Å². The Morgan fingerprint density at radius 3 is 1.33 bits per heavy atom. The van der Waals surface area contributed by atoms with Crippen molar-refractivity contribution < 1.29 is 28.4 Å². The molecule has 0 radical (unpaired) electrons. The summed E-state index contributed by atoms with van der Waals surface area (Å²) >= 11 is 25.3. The second-order valence-corrected chi connectivity index (χ2v) is 18.1. The molecule has 4 saturated heterocycles. The Morgan fingerprint density at radius 2 is 0.970 bits per heavy atom. The molecule has 4 aliphatic rings. The topological polar surface area (TPSA) is 122 Å². The number of rotatable bonds is 14. The molecule has 4 aliphatic heterocycles. The number of nitrogens with one attached hydrogen (secondary N) is 2. The van der Waals surface area contributed by atoms with Gasteiger partial charge in [-0.3, -0.25) is 0 Å². The molecule has 4 aromatic carbocycles. The minimum Gasteiger partial charge on any atom is -0.491 e. The monoisotopic (exact) mass is 976 g/mol. The quantitative estimate of drug-likeness (QED) is 0.111. The molecule has 18 heteroatoms. The van der Waals surface area contributed by atoms with E-state index in [1.165, 1.54) is 11.4 Å². The third-order valence-corrected chi connectivity index (χ3v) is 12.9. The Balaban J connectivity index is 0.000000166. The van der Waals surface area contributed by atoms with E-state index in [2.05, 4.69) is 54.7 Å². The van der Waals surface area contributed by atoms with E-state index in [-0.39, 0.29) is 12.2 Å². The molecule has 0 saturated carbocycles. The maximum absolute atomic E-state index is 6.53. The normalized spacial score (nSPS) is 23.1. The highest BCUT2D eigenvalue weighted by Gasteiger charge is 2.46. The average molecular weight is 979 g/mol. The van der Waals surface area contributed by atoms with Crippen molar-refractivity contribution in [3.05, 3.63) is 154 Å². The molecule has 2 N–H and O–H groups in total. The van der Waals surface area contributed by atoms with Gasteiger partial charge in [-0.05, 0) is 72.8 Å². The van der Waals surface area contributed by atoms with Crippen molar-refractivity contribution in [2.75, 3.05) is 88.6 Å². The van der Waals surface area contributed by atoms with Crippen molar-refractivity contribution in [2.24, 2.45) is 0 Å². The summed E-state index contributed by atoms with van der Waals surface area (Å²) in [6.07, 6.45) is 10.1.